The molecule has 184 valence electrons. The summed E-state index contributed by atoms with van der Waals surface area (Å²) < 4.78 is 0. The SMILES string of the molecule is CN(C)Cc1nc(CSCCN=C(C[N+](=O)[O-])NCCSCc2csc(CN(C)C)n2)cs1. The van der Waals surface area contributed by atoms with Gasteiger partial charge in [-0.2, -0.15) is 23.5 Å². The van der Waals surface area contributed by atoms with Crippen molar-refractivity contribution < 1.29 is 4.92 Å². The standard InChI is InChI=1S/C20H33N7O2S4/c1-25(2)10-19-23-16(14-32-19)12-30-7-5-21-18(9-27(28)29)22-6-8-31-13-17-15-33-20(24-17)11-26(3)4/h14-15H,5-13H2,1-4H3,(H,21,22). The molecule has 0 radical (unpaired) electrons. The Bertz CT molecular complexity index is 870. The summed E-state index contributed by atoms with van der Waals surface area (Å²) in [6.45, 7) is 2.64. The molecule has 13 heteroatoms. The third kappa shape index (κ3) is 12.7. The van der Waals surface area contributed by atoms with Gasteiger partial charge in [0.2, 0.25) is 0 Å². The molecular formula is C20H33N7O2S4. The van der Waals surface area contributed by atoms with E-state index in [1.54, 1.807) is 46.2 Å². The minimum atomic E-state index is -0.338. The highest BCUT2D eigenvalue weighted by Crippen LogP contribution is 2.17. The summed E-state index contributed by atoms with van der Waals surface area (Å²) in [5.74, 6) is 3.77. The number of aromatic nitrogens is 2. The van der Waals surface area contributed by atoms with Gasteiger partial charge in [-0.1, -0.05) is 0 Å². The van der Waals surface area contributed by atoms with Gasteiger partial charge >= 0.3 is 0 Å². The van der Waals surface area contributed by atoms with E-state index < -0.39 is 0 Å². The van der Waals surface area contributed by atoms with Crippen molar-refractivity contribution in [2.75, 3.05) is 59.3 Å². The Balaban J connectivity index is 1.64. The Morgan fingerprint density at radius 1 is 1.03 bits per heavy atom. The zero-order valence-electron chi connectivity index (χ0n) is 19.7. The van der Waals surface area contributed by atoms with Crippen LogP contribution in [0.5, 0.6) is 0 Å². The third-order valence-electron chi connectivity index (χ3n) is 3.99. The number of hydrogen-bond acceptors (Lipinski definition) is 11. The molecule has 0 amide bonds. The summed E-state index contributed by atoms with van der Waals surface area (Å²) in [5.41, 5.74) is 2.17. The molecule has 2 aromatic heterocycles. The summed E-state index contributed by atoms with van der Waals surface area (Å²) in [5, 5.41) is 20.5. The maximum atomic E-state index is 11.0. The molecule has 0 fully saturated rings. The first-order chi connectivity index (χ1) is 15.8. The maximum absolute atomic E-state index is 11.0. The molecule has 0 aliphatic heterocycles. The minimum Gasteiger partial charge on any atom is -0.368 e. The predicted molar refractivity (Wildman–Crippen MR) is 144 cm³/mol. The van der Waals surface area contributed by atoms with Crippen LogP contribution in [-0.4, -0.2) is 89.9 Å². The van der Waals surface area contributed by atoms with E-state index in [4.69, 9.17) is 0 Å². The molecule has 0 aliphatic carbocycles. The predicted octanol–water partition coefficient (Wildman–Crippen LogP) is 3.15. The van der Waals surface area contributed by atoms with Gasteiger partial charge in [0.15, 0.2) is 5.84 Å². The molecule has 2 heterocycles. The fraction of sp³-hybridized carbons (Fsp3) is 0.650. The highest BCUT2D eigenvalue weighted by Gasteiger charge is 2.08. The molecule has 0 saturated carbocycles. The smallest absolute Gasteiger partial charge is 0.259 e. The summed E-state index contributed by atoms with van der Waals surface area (Å²) in [6.07, 6.45) is 0. The largest absolute Gasteiger partial charge is 0.368 e. The van der Waals surface area contributed by atoms with Gasteiger partial charge in [0.05, 0.1) is 17.9 Å². The van der Waals surface area contributed by atoms with Crippen LogP contribution in [0.3, 0.4) is 0 Å². The lowest BCUT2D eigenvalue weighted by molar-refractivity contribution is -0.463. The van der Waals surface area contributed by atoms with Crippen LogP contribution in [-0.2, 0) is 24.6 Å². The first-order valence-electron chi connectivity index (χ1n) is 10.5. The van der Waals surface area contributed by atoms with Crippen LogP contribution in [0.25, 0.3) is 0 Å². The molecule has 0 saturated heterocycles. The lowest BCUT2D eigenvalue weighted by Gasteiger charge is -2.07. The van der Waals surface area contributed by atoms with Gasteiger partial charge in [-0.3, -0.25) is 15.1 Å². The van der Waals surface area contributed by atoms with E-state index in [0.29, 0.717) is 18.9 Å². The highest BCUT2D eigenvalue weighted by atomic mass is 32.2. The number of amidine groups is 1. The maximum Gasteiger partial charge on any atom is 0.259 e. The van der Waals surface area contributed by atoms with E-state index in [0.717, 1.165) is 57.5 Å². The van der Waals surface area contributed by atoms with Gasteiger partial charge in [0.1, 0.15) is 10.0 Å². The van der Waals surface area contributed by atoms with E-state index in [1.165, 1.54) is 0 Å². The number of rotatable bonds is 16. The molecule has 1 N–H and O–H groups in total. The van der Waals surface area contributed by atoms with Crippen LogP contribution >= 0.6 is 46.2 Å². The van der Waals surface area contributed by atoms with Gasteiger partial charge in [-0.25, -0.2) is 9.97 Å². The Hall–Kier alpha value is -1.25. The van der Waals surface area contributed by atoms with Gasteiger partial charge in [-0.05, 0) is 28.2 Å². The summed E-state index contributed by atoms with van der Waals surface area (Å²) in [7, 11) is 8.14. The second-order valence-corrected chi connectivity index (χ2v) is 11.9. The molecular weight excluding hydrogens is 499 g/mol. The second kappa shape index (κ2) is 15.6. The van der Waals surface area contributed by atoms with Gasteiger partial charge in [0.25, 0.3) is 6.54 Å². The van der Waals surface area contributed by atoms with Crippen LogP contribution in [0.4, 0.5) is 0 Å². The first kappa shape index (κ1) is 28.0. The molecule has 0 spiro atoms. The normalized spacial score (nSPS) is 12.1. The minimum absolute atomic E-state index is 0.269. The molecule has 9 nitrogen and oxygen atoms in total. The Morgan fingerprint density at radius 2 is 1.58 bits per heavy atom. The number of thioether (sulfide) groups is 2. The second-order valence-electron chi connectivity index (χ2n) is 7.79. The van der Waals surface area contributed by atoms with Gasteiger partial charge in [0, 0.05) is 58.3 Å². The quantitative estimate of drug-likeness (QED) is 0.115. The van der Waals surface area contributed by atoms with Gasteiger partial charge < -0.3 is 15.1 Å². The molecule has 33 heavy (non-hydrogen) atoms. The summed E-state index contributed by atoms with van der Waals surface area (Å²) >= 11 is 6.88. The fourth-order valence-corrected chi connectivity index (χ4v) is 6.17. The molecule has 0 aromatic carbocycles. The lowest BCUT2D eigenvalue weighted by Crippen LogP contribution is -2.32. The number of thiazole rings is 2. The monoisotopic (exact) mass is 531 g/mol. The van der Waals surface area contributed by atoms with E-state index in [9.17, 15) is 10.1 Å². The van der Waals surface area contributed by atoms with Crippen molar-refractivity contribution in [3.63, 3.8) is 0 Å². The van der Waals surface area contributed by atoms with Gasteiger partial charge in [-0.15, -0.1) is 22.7 Å². The van der Waals surface area contributed by atoms with Crippen molar-refractivity contribution in [1.82, 2.24) is 25.1 Å². The van der Waals surface area contributed by atoms with Crippen molar-refractivity contribution in [1.29, 1.82) is 0 Å². The van der Waals surface area contributed by atoms with Crippen molar-refractivity contribution in [3.05, 3.63) is 42.3 Å². The molecule has 0 atom stereocenters. The Labute approximate surface area is 212 Å². The van der Waals surface area contributed by atoms with Crippen LogP contribution in [0.15, 0.2) is 15.8 Å². The number of nitrogens with zero attached hydrogens (tertiary/aromatic N) is 6. The Kier molecular flexibility index (Phi) is 13.2. The average Bonchev–Trinajstić information content (AvgIpc) is 3.35. The van der Waals surface area contributed by atoms with Crippen LogP contribution in [0.1, 0.15) is 21.4 Å². The highest BCUT2D eigenvalue weighted by molar-refractivity contribution is 7.98. The summed E-state index contributed by atoms with van der Waals surface area (Å²) in [4.78, 5) is 28.5. The number of aliphatic imine (C=N–C) groups is 1. The number of nitrogens with one attached hydrogen (secondary N) is 1. The van der Waals surface area contributed by atoms with Crippen LogP contribution < -0.4 is 5.32 Å². The first-order valence-corrected chi connectivity index (χ1v) is 14.6. The zero-order valence-corrected chi connectivity index (χ0v) is 22.9. The van der Waals surface area contributed by atoms with Crippen molar-refractivity contribution in [2.45, 2.75) is 24.6 Å². The topological polar surface area (TPSA) is 99.8 Å². The molecule has 2 aromatic rings. The lowest BCUT2D eigenvalue weighted by atomic mass is 10.5. The number of hydrogen-bond donors (Lipinski definition) is 1. The Morgan fingerprint density at radius 3 is 2.09 bits per heavy atom. The molecule has 0 unspecified atom stereocenters. The van der Waals surface area contributed by atoms with Crippen molar-refractivity contribution in [2.24, 2.45) is 4.99 Å². The molecule has 0 bridgehead atoms. The third-order valence-corrected chi connectivity index (χ3v) is 7.72. The van der Waals surface area contributed by atoms with Crippen molar-refractivity contribution >= 4 is 52.0 Å². The fourth-order valence-electron chi connectivity index (χ4n) is 2.67. The molecule has 0 aliphatic rings. The van der Waals surface area contributed by atoms with E-state index in [-0.39, 0.29) is 11.5 Å². The average molecular weight is 532 g/mol. The number of nitro groups is 1. The van der Waals surface area contributed by atoms with E-state index in [1.807, 2.05) is 28.2 Å². The van der Waals surface area contributed by atoms with Crippen molar-refractivity contribution in [3.8, 4) is 0 Å². The van der Waals surface area contributed by atoms with Crippen LogP contribution in [0, 0.1) is 10.1 Å². The molecule has 2 rings (SSSR count). The zero-order chi connectivity index (χ0) is 24.1. The van der Waals surface area contributed by atoms with E-state index >= 15 is 0 Å². The van der Waals surface area contributed by atoms with Crippen LogP contribution in [0.2, 0.25) is 0 Å². The van der Waals surface area contributed by atoms with E-state index in [2.05, 4.69) is 40.8 Å². The summed E-state index contributed by atoms with van der Waals surface area (Å²) in [6, 6.07) is 0.